The molecule has 2 amide bonds. The Bertz CT molecular complexity index is 818. The summed E-state index contributed by atoms with van der Waals surface area (Å²) in [5, 5.41) is 6.43. The Labute approximate surface area is 152 Å². The number of ether oxygens (including phenoxy) is 2. The van der Waals surface area contributed by atoms with E-state index in [0.717, 1.165) is 11.1 Å². The van der Waals surface area contributed by atoms with Crippen LogP contribution in [0, 0.1) is 6.92 Å². The SMILES string of the molecule is COc1ccc(/C=N\NC(=O)CNC(=O)c2ccccc2C)cc1OC. The van der Waals surface area contributed by atoms with Crippen molar-refractivity contribution < 1.29 is 19.1 Å². The summed E-state index contributed by atoms with van der Waals surface area (Å²) < 4.78 is 10.4. The average Bonchev–Trinajstić information content (AvgIpc) is 2.66. The van der Waals surface area contributed by atoms with Gasteiger partial charge in [0.25, 0.3) is 11.8 Å². The van der Waals surface area contributed by atoms with Gasteiger partial charge in [-0.2, -0.15) is 5.10 Å². The van der Waals surface area contributed by atoms with Crippen molar-refractivity contribution in [1.82, 2.24) is 10.7 Å². The lowest BCUT2D eigenvalue weighted by Crippen LogP contribution is -2.35. The molecular formula is C19H21N3O4. The van der Waals surface area contributed by atoms with Crippen LogP contribution in [0.15, 0.2) is 47.6 Å². The van der Waals surface area contributed by atoms with Crippen LogP contribution in [0.1, 0.15) is 21.5 Å². The molecule has 0 aliphatic carbocycles. The number of rotatable bonds is 7. The molecule has 136 valence electrons. The van der Waals surface area contributed by atoms with E-state index in [9.17, 15) is 9.59 Å². The lowest BCUT2D eigenvalue weighted by molar-refractivity contribution is -0.120. The quantitative estimate of drug-likeness (QED) is 0.586. The maximum Gasteiger partial charge on any atom is 0.259 e. The fourth-order valence-electron chi connectivity index (χ4n) is 2.23. The number of nitrogens with zero attached hydrogens (tertiary/aromatic N) is 1. The second-order valence-electron chi connectivity index (χ2n) is 5.41. The molecule has 0 bridgehead atoms. The zero-order valence-corrected chi connectivity index (χ0v) is 14.9. The van der Waals surface area contributed by atoms with Gasteiger partial charge in [0.05, 0.1) is 27.0 Å². The Morgan fingerprint density at radius 2 is 1.81 bits per heavy atom. The average molecular weight is 355 g/mol. The molecule has 0 radical (unpaired) electrons. The van der Waals surface area contributed by atoms with Crippen LogP contribution in [0.25, 0.3) is 0 Å². The Balaban J connectivity index is 1.86. The van der Waals surface area contributed by atoms with E-state index in [0.29, 0.717) is 17.1 Å². The van der Waals surface area contributed by atoms with Crippen LogP contribution in [0.2, 0.25) is 0 Å². The lowest BCUT2D eigenvalue weighted by atomic mass is 10.1. The number of hydrazone groups is 1. The summed E-state index contributed by atoms with van der Waals surface area (Å²) in [6, 6.07) is 12.4. The molecule has 2 aromatic carbocycles. The summed E-state index contributed by atoms with van der Waals surface area (Å²) in [7, 11) is 3.09. The summed E-state index contributed by atoms with van der Waals surface area (Å²) in [5.74, 6) is 0.437. The first-order valence-corrected chi connectivity index (χ1v) is 7.93. The summed E-state index contributed by atoms with van der Waals surface area (Å²) in [6.07, 6.45) is 1.48. The number of carbonyl (C=O) groups is 2. The van der Waals surface area contributed by atoms with E-state index < -0.39 is 5.91 Å². The molecule has 0 fully saturated rings. The maximum absolute atomic E-state index is 12.0. The van der Waals surface area contributed by atoms with Gasteiger partial charge in [-0.15, -0.1) is 0 Å². The molecule has 0 spiro atoms. The number of hydrogen-bond acceptors (Lipinski definition) is 5. The molecule has 0 aliphatic heterocycles. The van der Waals surface area contributed by atoms with Crippen LogP contribution in [-0.2, 0) is 4.79 Å². The fourth-order valence-corrected chi connectivity index (χ4v) is 2.23. The van der Waals surface area contributed by atoms with E-state index in [1.807, 2.05) is 19.1 Å². The number of hydrogen-bond donors (Lipinski definition) is 2. The minimum Gasteiger partial charge on any atom is -0.493 e. The van der Waals surface area contributed by atoms with Crippen molar-refractivity contribution in [3.63, 3.8) is 0 Å². The molecule has 0 saturated heterocycles. The largest absolute Gasteiger partial charge is 0.493 e. The molecular weight excluding hydrogens is 334 g/mol. The van der Waals surface area contributed by atoms with Crippen LogP contribution < -0.4 is 20.2 Å². The van der Waals surface area contributed by atoms with Crippen LogP contribution in [0.3, 0.4) is 0 Å². The second kappa shape index (κ2) is 9.22. The molecule has 2 aromatic rings. The fraction of sp³-hybridized carbons (Fsp3) is 0.211. The highest BCUT2D eigenvalue weighted by Crippen LogP contribution is 2.26. The van der Waals surface area contributed by atoms with E-state index in [4.69, 9.17) is 9.47 Å². The van der Waals surface area contributed by atoms with Gasteiger partial charge in [0.1, 0.15) is 0 Å². The Kier molecular flexibility index (Phi) is 6.73. The predicted octanol–water partition coefficient (Wildman–Crippen LogP) is 1.89. The molecule has 7 nitrogen and oxygen atoms in total. The van der Waals surface area contributed by atoms with Crippen molar-refractivity contribution in [2.45, 2.75) is 6.92 Å². The Morgan fingerprint density at radius 1 is 1.08 bits per heavy atom. The van der Waals surface area contributed by atoms with Gasteiger partial charge < -0.3 is 14.8 Å². The third-order valence-corrected chi connectivity index (χ3v) is 3.61. The Hall–Kier alpha value is -3.35. The molecule has 0 saturated carbocycles. The van der Waals surface area contributed by atoms with E-state index in [2.05, 4.69) is 15.8 Å². The number of aryl methyl sites for hydroxylation is 1. The zero-order valence-electron chi connectivity index (χ0n) is 14.9. The molecule has 26 heavy (non-hydrogen) atoms. The molecule has 2 N–H and O–H groups in total. The first-order chi connectivity index (χ1) is 12.5. The van der Waals surface area contributed by atoms with Crippen molar-refractivity contribution in [3.05, 3.63) is 59.2 Å². The van der Waals surface area contributed by atoms with Crippen LogP contribution in [-0.4, -0.2) is 38.8 Å². The van der Waals surface area contributed by atoms with E-state index in [-0.39, 0.29) is 12.5 Å². The number of benzene rings is 2. The van der Waals surface area contributed by atoms with Gasteiger partial charge in [-0.3, -0.25) is 9.59 Å². The topological polar surface area (TPSA) is 89.0 Å². The van der Waals surface area contributed by atoms with Crippen molar-refractivity contribution in [1.29, 1.82) is 0 Å². The molecule has 0 aromatic heterocycles. The van der Waals surface area contributed by atoms with Gasteiger partial charge in [-0.25, -0.2) is 5.43 Å². The van der Waals surface area contributed by atoms with Gasteiger partial charge in [-0.05, 0) is 42.3 Å². The van der Waals surface area contributed by atoms with Crippen LogP contribution in [0.5, 0.6) is 11.5 Å². The normalized spacial score (nSPS) is 10.4. The lowest BCUT2D eigenvalue weighted by Gasteiger charge is -2.07. The first kappa shape index (κ1) is 19.0. The minimum atomic E-state index is -0.427. The number of methoxy groups -OCH3 is 2. The standard InChI is InChI=1S/C19H21N3O4/c1-13-6-4-5-7-15(13)19(24)20-12-18(23)22-21-11-14-8-9-16(25-2)17(10-14)26-3/h4-11H,12H2,1-3H3,(H,20,24)(H,22,23)/b21-11-. The number of amides is 2. The number of nitrogens with one attached hydrogen (secondary N) is 2. The highest BCUT2D eigenvalue weighted by atomic mass is 16.5. The summed E-state index contributed by atoms with van der Waals surface area (Å²) in [4.78, 5) is 23.8. The van der Waals surface area contributed by atoms with Gasteiger partial charge in [0, 0.05) is 5.56 Å². The first-order valence-electron chi connectivity index (χ1n) is 7.93. The molecule has 0 heterocycles. The summed E-state index contributed by atoms with van der Waals surface area (Å²) in [6.45, 7) is 1.67. The van der Waals surface area contributed by atoms with Gasteiger partial charge in [-0.1, -0.05) is 18.2 Å². The predicted molar refractivity (Wildman–Crippen MR) is 98.8 cm³/mol. The van der Waals surface area contributed by atoms with Crippen molar-refractivity contribution >= 4 is 18.0 Å². The molecule has 0 unspecified atom stereocenters. The van der Waals surface area contributed by atoms with Crippen LogP contribution in [0.4, 0.5) is 0 Å². The van der Waals surface area contributed by atoms with Crippen molar-refractivity contribution in [3.8, 4) is 11.5 Å². The monoisotopic (exact) mass is 355 g/mol. The molecule has 0 atom stereocenters. The van der Waals surface area contributed by atoms with Crippen molar-refractivity contribution in [2.24, 2.45) is 5.10 Å². The number of carbonyl (C=O) groups excluding carboxylic acids is 2. The Morgan fingerprint density at radius 3 is 2.50 bits per heavy atom. The van der Waals surface area contributed by atoms with Gasteiger partial charge in [0.15, 0.2) is 11.5 Å². The van der Waals surface area contributed by atoms with Crippen LogP contribution >= 0.6 is 0 Å². The summed E-state index contributed by atoms with van der Waals surface area (Å²) >= 11 is 0. The highest BCUT2D eigenvalue weighted by molar-refractivity contribution is 5.97. The summed E-state index contributed by atoms with van der Waals surface area (Å²) in [5.41, 5.74) is 4.47. The minimum absolute atomic E-state index is 0.170. The van der Waals surface area contributed by atoms with E-state index >= 15 is 0 Å². The highest BCUT2D eigenvalue weighted by Gasteiger charge is 2.09. The molecule has 7 heteroatoms. The van der Waals surface area contributed by atoms with Gasteiger partial charge >= 0.3 is 0 Å². The third-order valence-electron chi connectivity index (χ3n) is 3.61. The maximum atomic E-state index is 12.0. The van der Waals surface area contributed by atoms with Gasteiger partial charge in [0.2, 0.25) is 0 Å². The van der Waals surface area contributed by atoms with E-state index in [1.54, 1.807) is 37.4 Å². The zero-order chi connectivity index (χ0) is 18.9. The molecule has 2 rings (SSSR count). The second-order valence-corrected chi connectivity index (χ2v) is 5.41. The molecule has 0 aliphatic rings. The third kappa shape index (κ3) is 5.07. The van der Waals surface area contributed by atoms with Crippen molar-refractivity contribution in [2.75, 3.05) is 20.8 Å². The smallest absolute Gasteiger partial charge is 0.259 e. The van der Waals surface area contributed by atoms with E-state index in [1.165, 1.54) is 13.3 Å².